The van der Waals surface area contributed by atoms with Crippen LogP contribution in [0.2, 0.25) is 0 Å². The lowest BCUT2D eigenvalue weighted by Gasteiger charge is -2.29. The molecule has 2 heterocycles. The van der Waals surface area contributed by atoms with Gasteiger partial charge in [0.25, 0.3) is 6.47 Å². The third-order valence-corrected chi connectivity index (χ3v) is 5.17. The average molecular weight is 432 g/mol. The molecule has 0 spiro atoms. The van der Waals surface area contributed by atoms with E-state index in [1.165, 1.54) is 6.07 Å². The Morgan fingerprint density at radius 1 is 1.13 bits per heavy atom. The highest BCUT2D eigenvalue weighted by molar-refractivity contribution is 6.00. The fourth-order valence-corrected chi connectivity index (χ4v) is 3.71. The highest BCUT2D eigenvalue weighted by atomic mass is 19.4. The highest BCUT2D eigenvalue weighted by Gasteiger charge is 2.31. The first kappa shape index (κ1) is 20.9. The molecule has 1 aromatic heterocycles. The number of aromatic nitrogens is 2. The van der Waals surface area contributed by atoms with Gasteiger partial charge in [0.05, 0.1) is 5.56 Å². The van der Waals surface area contributed by atoms with Crippen LogP contribution in [0.3, 0.4) is 0 Å². The Bertz CT molecular complexity index is 1110. The summed E-state index contributed by atoms with van der Waals surface area (Å²) in [6, 6.07) is 9.86. The summed E-state index contributed by atoms with van der Waals surface area (Å²) < 4.78 is 43.8. The lowest BCUT2D eigenvalue weighted by molar-refractivity contribution is -0.137. The number of nitrogens with zero attached hydrogens (tertiary/aromatic N) is 2. The first-order valence-corrected chi connectivity index (χ1v) is 9.59. The van der Waals surface area contributed by atoms with Crippen LogP contribution in [-0.2, 0) is 15.7 Å². The molecule has 1 aliphatic rings. The lowest BCUT2D eigenvalue weighted by Crippen LogP contribution is -2.46. The van der Waals surface area contributed by atoms with E-state index >= 15 is 0 Å². The summed E-state index contributed by atoms with van der Waals surface area (Å²) >= 11 is 0. The van der Waals surface area contributed by atoms with Gasteiger partial charge in [-0.05, 0) is 18.2 Å². The Balaban J connectivity index is 1.69. The Hall–Kier alpha value is -3.40. The lowest BCUT2D eigenvalue weighted by atomic mass is 10.0. The Kier molecular flexibility index (Phi) is 5.64. The van der Waals surface area contributed by atoms with E-state index in [4.69, 9.17) is 4.74 Å². The number of fused-ring (bicyclic) bond motifs is 1. The number of hydrogen-bond acceptors (Lipinski definition) is 7. The average Bonchev–Trinajstić information content (AvgIpc) is 2.74. The van der Waals surface area contributed by atoms with Gasteiger partial charge in [-0.1, -0.05) is 24.3 Å². The first-order chi connectivity index (χ1) is 14.9. The van der Waals surface area contributed by atoms with Crippen molar-refractivity contribution in [2.75, 3.05) is 18.4 Å². The largest absolute Gasteiger partial charge is 0.507 e. The molecule has 10 heteroatoms. The number of hydrogen-bond donors (Lipinski definition) is 3. The van der Waals surface area contributed by atoms with Crippen LogP contribution < -0.4 is 10.6 Å². The van der Waals surface area contributed by atoms with Crippen molar-refractivity contribution in [2.45, 2.75) is 24.7 Å². The van der Waals surface area contributed by atoms with Gasteiger partial charge in [-0.25, -0.2) is 0 Å². The van der Waals surface area contributed by atoms with Gasteiger partial charge in [0, 0.05) is 41.9 Å². The standard InChI is InChI=1S/C21H19F3N4O3/c22-21(23,24)12-5-6-17(18(30)7-12)19-15-3-1-2-4-16(15)20(28-27-19)26-13-8-14(31-11-29)10-25-9-13/h1-7,11,13-14,25,30H,8-10H2,(H,26,28)/t13-,14+/m1/s1. The van der Waals surface area contributed by atoms with E-state index in [2.05, 4.69) is 20.8 Å². The van der Waals surface area contributed by atoms with Crippen molar-refractivity contribution in [2.24, 2.45) is 0 Å². The highest BCUT2D eigenvalue weighted by Crippen LogP contribution is 2.38. The van der Waals surface area contributed by atoms with Crippen LogP contribution in [0.15, 0.2) is 42.5 Å². The summed E-state index contributed by atoms with van der Waals surface area (Å²) in [4.78, 5) is 10.6. The Labute approximate surface area is 175 Å². The molecule has 0 amide bonds. The fourth-order valence-electron chi connectivity index (χ4n) is 3.71. The fraction of sp³-hybridized carbons (Fsp3) is 0.286. The van der Waals surface area contributed by atoms with Crippen LogP contribution >= 0.6 is 0 Å². The van der Waals surface area contributed by atoms with Crippen LogP contribution in [-0.4, -0.2) is 47.0 Å². The molecule has 1 aliphatic heterocycles. The number of anilines is 1. The maximum atomic E-state index is 12.9. The number of halogens is 3. The SMILES string of the molecule is O=CO[C@@H]1CNC[C@H](Nc2nnc(-c3ccc(C(F)(F)F)cc3O)c3ccccc23)C1. The minimum atomic E-state index is -4.56. The van der Waals surface area contributed by atoms with Crippen molar-refractivity contribution in [3.05, 3.63) is 48.0 Å². The maximum absolute atomic E-state index is 12.9. The molecule has 0 aliphatic carbocycles. The number of ether oxygens (including phenoxy) is 1. The number of nitrogens with one attached hydrogen (secondary N) is 2. The van der Waals surface area contributed by atoms with E-state index in [0.717, 1.165) is 6.07 Å². The summed E-state index contributed by atoms with van der Waals surface area (Å²) in [5.74, 6) is -0.0374. The predicted octanol–water partition coefficient (Wildman–Crippen LogP) is 3.34. The summed E-state index contributed by atoms with van der Waals surface area (Å²) in [7, 11) is 0. The number of carbonyl (C=O) groups excluding carboxylic acids is 1. The second-order valence-electron chi connectivity index (χ2n) is 7.26. The Morgan fingerprint density at radius 2 is 1.90 bits per heavy atom. The normalized spacial score (nSPS) is 19.2. The quantitative estimate of drug-likeness (QED) is 0.532. The zero-order valence-corrected chi connectivity index (χ0v) is 16.2. The number of rotatable bonds is 5. The van der Waals surface area contributed by atoms with Crippen LogP contribution in [0.25, 0.3) is 22.0 Å². The number of phenolic OH excluding ortho intramolecular Hbond substituents is 1. The van der Waals surface area contributed by atoms with Crippen LogP contribution in [0.4, 0.5) is 19.0 Å². The summed E-state index contributed by atoms with van der Waals surface area (Å²) in [5, 5.41) is 26.5. The molecule has 31 heavy (non-hydrogen) atoms. The molecule has 0 radical (unpaired) electrons. The van der Waals surface area contributed by atoms with Crippen molar-refractivity contribution in [1.82, 2.24) is 15.5 Å². The second kappa shape index (κ2) is 8.38. The summed E-state index contributed by atoms with van der Waals surface area (Å²) in [6.07, 6.45) is -4.23. The predicted molar refractivity (Wildman–Crippen MR) is 107 cm³/mol. The van der Waals surface area contributed by atoms with Gasteiger partial charge in [-0.15, -0.1) is 10.2 Å². The van der Waals surface area contributed by atoms with Crippen molar-refractivity contribution in [1.29, 1.82) is 0 Å². The molecule has 2 atom stereocenters. The van der Waals surface area contributed by atoms with E-state index in [0.29, 0.717) is 48.6 Å². The zero-order valence-electron chi connectivity index (χ0n) is 16.2. The molecular weight excluding hydrogens is 413 g/mol. The molecule has 3 aromatic rings. The zero-order chi connectivity index (χ0) is 22.0. The minimum absolute atomic E-state index is 0.0678. The first-order valence-electron chi connectivity index (χ1n) is 9.59. The van der Waals surface area contributed by atoms with Crippen molar-refractivity contribution in [3.8, 4) is 17.0 Å². The summed E-state index contributed by atoms with van der Waals surface area (Å²) in [5.41, 5.74) is -0.514. The number of benzene rings is 2. The maximum Gasteiger partial charge on any atom is 0.416 e. The second-order valence-corrected chi connectivity index (χ2v) is 7.26. The Morgan fingerprint density at radius 3 is 2.61 bits per heavy atom. The van der Waals surface area contributed by atoms with Crippen LogP contribution in [0.5, 0.6) is 5.75 Å². The van der Waals surface area contributed by atoms with E-state index in [1.54, 1.807) is 12.1 Å². The van der Waals surface area contributed by atoms with Gasteiger partial charge in [0.1, 0.15) is 17.5 Å². The van der Waals surface area contributed by atoms with Gasteiger partial charge < -0.3 is 20.5 Å². The van der Waals surface area contributed by atoms with E-state index in [9.17, 15) is 23.1 Å². The van der Waals surface area contributed by atoms with Gasteiger partial charge >= 0.3 is 6.18 Å². The van der Waals surface area contributed by atoms with Crippen molar-refractivity contribution in [3.63, 3.8) is 0 Å². The molecule has 1 saturated heterocycles. The molecule has 4 rings (SSSR count). The van der Waals surface area contributed by atoms with Crippen molar-refractivity contribution < 1.29 is 27.8 Å². The molecule has 0 saturated carbocycles. The molecule has 1 fully saturated rings. The monoisotopic (exact) mass is 432 g/mol. The van der Waals surface area contributed by atoms with E-state index in [-0.39, 0.29) is 23.4 Å². The van der Waals surface area contributed by atoms with Gasteiger partial charge in [-0.3, -0.25) is 4.79 Å². The number of piperidine rings is 1. The molecule has 162 valence electrons. The van der Waals surface area contributed by atoms with Gasteiger partial charge in [0.2, 0.25) is 0 Å². The molecule has 7 nitrogen and oxygen atoms in total. The van der Waals surface area contributed by atoms with E-state index in [1.807, 2.05) is 12.1 Å². The van der Waals surface area contributed by atoms with Gasteiger partial charge in [0.15, 0.2) is 5.82 Å². The molecule has 0 bridgehead atoms. The van der Waals surface area contributed by atoms with E-state index < -0.39 is 17.5 Å². The number of aromatic hydroxyl groups is 1. The minimum Gasteiger partial charge on any atom is -0.507 e. The smallest absolute Gasteiger partial charge is 0.416 e. The third-order valence-electron chi connectivity index (χ3n) is 5.17. The topological polar surface area (TPSA) is 96.4 Å². The molecule has 0 unspecified atom stereocenters. The molecule has 3 N–H and O–H groups in total. The molecular formula is C21H19F3N4O3. The number of carbonyl (C=O) groups is 1. The third kappa shape index (κ3) is 4.38. The number of phenols is 1. The number of alkyl halides is 3. The van der Waals surface area contributed by atoms with Gasteiger partial charge in [-0.2, -0.15) is 13.2 Å². The van der Waals surface area contributed by atoms with Crippen molar-refractivity contribution >= 4 is 23.1 Å². The molecule has 2 aromatic carbocycles. The summed E-state index contributed by atoms with van der Waals surface area (Å²) in [6.45, 7) is 1.63. The van der Waals surface area contributed by atoms with Crippen LogP contribution in [0, 0.1) is 0 Å². The van der Waals surface area contributed by atoms with Crippen LogP contribution in [0.1, 0.15) is 12.0 Å².